The second kappa shape index (κ2) is 7.36. The lowest BCUT2D eigenvalue weighted by Gasteiger charge is -2.05. The van der Waals surface area contributed by atoms with E-state index in [4.69, 9.17) is 4.74 Å². The molecule has 0 spiro atoms. The lowest BCUT2D eigenvalue weighted by atomic mass is 9.99. The maximum absolute atomic E-state index is 13.2. The van der Waals surface area contributed by atoms with Gasteiger partial charge >= 0.3 is 0 Å². The maximum Gasteiger partial charge on any atom is 0.196 e. The molecule has 0 unspecified atom stereocenters. The third-order valence-electron chi connectivity index (χ3n) is 4.90. The van der Waals surface area contributed by atoms with Gasteiger partial charge in [-0.3, -0.25) is 9.59 Å². The van der Waals surface area contributed by atoms with Gasteiger partial charge in [-0.1, -0.05) is 35.9 Å². The van der Waals surface area contributed by atoms with E-state index in [1.165, 1.54) is 6.92 Å². The molecule has 0 atom stereocenters. The monoisotopic (exact) mass is 384 g/mol. The second-order valence-electron chi connectivity index (χ2n) is 6.98. The number of nitrogens with zero attached hydrogens (tertiary/aromatic N) is 2. The van der Waals surface area contributed by atoms with Crippen LogP contribution in [0.4, 0.5) is 0 Å². The number of ketones is 2. The van der Waals surface area contributed by atoms with E-state index in [0.29, 0.717) is 11.1 Å². The Kier molecular flexibility index (Phi) is 4.72. The van der Waals surface area contributed by atoms with Gasteiger partial charge in [0, 0.05) is 18.7 Å². The smallest absolute Gasteiger partial charge is 0.196 e. The van der Waals surface area contributed by atoms with Crippen LogP contribution in [0, 0.1) is 6.92 Å². The third kappa shape index (κ3) is 3.55. The van der Waals surface area contributed by atoms with Crippen LogP contribution in [-0.2, 0) is 0 Å². The fourth-order valence-electron chi connectivity index (χ4n) is 3.28. The first-order valence-corrected chi connectivity index (χ1v) is 9.26. The van der Waals surface area contributed by atoms with Crippen molar-refractivity contribution >= 4 is 22.3 Å². The van der Waals surface area contributed by atoms with Crippen molar-refractivity contribution in [2.45, 2.75) is 13.8 Å². The largest absolute Gasteiger partial charge is 0.497 e. The molecule has 0 fully saturated rings. The van der Waals surface area contributed by atoms with E-state index in [1.807, 2.05) is 61.5 Å². The molecule has 1 heterocycles. The highest BCUT2D eigenvalue weighted by Crippen LogP contribution is 2.24. The van der Waals surface area contributed by atoms with Crippen LogP contribution in [0.5, 0.6) is 5.75 Å². The van der Waals surface area contributed by atoms with Crippen LogP contribution in [0.15, 0.2) is 66.9 Å². The first-order chi connectivity index (χ1) is 14.0. The predicted molar refractivity (Wildman–Crippen MR) is 112 cm³/mol. The zero-order valence-electron chi connectivity index (χ0n) is 16.5. The molecular formula is C24H20N2O3. The van der Waals surface area contributed by atoms with Crippen molar-refractivity contribution < 1.29 is 14.3 Å². The van der Waals surface area contributed by atoms with Crippen molar-refractivity contribution in [2.24, 2.45) is 0 Å². The molecule has 29 heavy (non-hydrogen) atoms. The molecule has 1 aromatic heterocycles. The van der Waals surface area contributed by atoms with Crippen LogP contribution in [0.2, 0.25) is 0 Å². The van der Waals surface area contributed by atoms with E-state index in [9.17, 15) is 9.59 Å². The average molecular weight is 384 g/mol. The minimum absolute atomic E-state index is 0.172. The van der Waals surface area contributed by atoms with E-state index < -0.39 is 0 Å². The zero-order chi connectivity index (χ0) is 20.5. The Labute approximate surface area is 168 Å². The fourth-order valence-corrected chi connectivity index (χ4v) is 3.28. The lowest BCUT2D eigenvalue weighted by Crippen LogP contribution is -2.06. The van der Waals surface area contributed by atoms with Gasteiger partial charge in [-0.25, -0.2) is 4.68 Å². The quantitative estimate of drug-likeness (QED) is 0.465. The average Bonchev–Trinajstić information content (AvgIpc) is 3.18. The van der Waals surface area contributed by atoms with Crippen LogP contribution >= 0.6 is 0 Å². The molecule has 0 saturated heterocycles. The highest BCUT2D eigenvalue weighted by molar-refractivity contribution is 6.15. The number of fused-ring (bicyclic) bond motifs is 1. The Hall–Kier alpha value is -3.73. The summed E-state index contributed by atoms with van der Waals surface area (Å²) in [6.07, 6.45) is 1.63. The number of benzene rings is 3. The first-order valence-electron chi connectivity index (χ1n) is 9.26. The summed E-state index contributed by atoms with van der Waals surface area (Å²) in [5, 5.41) is 6.27. The van der Waals surface area contributed by atoms with Gasteiger partial charge in [-0.05, 0) is 48.0 Å². The topological polar surface area (TPSA) is 61.2 Å². The number of rotatable bonds is 5. The van der Waals surface area contributed by atoms with Gasteiger partial charge in [-0.15, -0.1) is 0 Å². The number of ether oxygens (including phenoxy) is 1. The number of aryl methyl sites for hydroxylation is 1. The number of hydrogen-bond donors (Lipinski definition) is 0. The summed E-state index contributed by atoms with van der Waals surface area (Å²) in [5.74, 6) is 0.283. The number of methoxy groups -OCH3 is 1. The maximum atomic E-state index is 13.2. The van der Waals surface area contributed by atoms with Crippen LogP contribution in [-0.4, -0.2) is 28.5 Å². The molecule has 0 aliphatic heterocycles. The molecule has 0 N–H and O–H groups in total. The van der Waals surface area contributed by atoms with Crippen LogP contribution in [0.25, 0.3) is 16.5 Å². The van der Waals surface area contributed by atoms with Crippen molar-refractivity contribution in [3.63, 3.8) is 0 Å². The predicted octanol–water partition coefficient (Wildman–Crippen LogP) is 4.78. The van der Waals surface area contributed by atoms with Gasteiger partial charge in [0.05, 0.1) is 18.4 Å². The van der Waals surface area contributed by atoms with Crippen molar-refractivity contribution in [1.29, 1.82) is 0 Å². The van der Waals surface area contributed by atoms with Gasteiger partial charge in [0.1, 0.15) is 11.4 Å². The Morgan fingerprint density at radius 3 is 2.31 bits per heavy atom. The summed E-state index contributed by atoms with van der Waals surface area (Å²) < 4.78 is 6.83. The van der Waals surface area contributed by atoms with Crippen LogP contribution < -0.4 is 4.74 Å². The van der Waals surface area contributed by atoms with Crippen LogP contribution in [0.1, 0.15) is 38.9 Å². The van der Waals surface area contributed by atoms with Crippen molar-refractivity contribution in [3.8, 4) is 11.4 Å². The number of carbonyl (C=O) groups is 2. The second-order valence-corrected chi connectivity index (χ2v) is 6.98. The molecular weight excluding hydrogens is 364 g/mol. The minimum atomic E-state index is -0.246. The van der Waals surface area contributed by atoms with Crippen molar-refractivity contribution in [3.05, 3.63) is 89.2 Å². The van der Waals surface area contributed by atoms with Gasteiger partial charge in [0.15, 0.2) is 11.6 Å². The number of carbonyl (C=O) groups excluding carboxylic acids is 2. The van der Waals surface area contributed by atoms with Gasteiger partial charge in [0.2, 0.25) is 0 Å². The highest BCUT2D eigenvalue weighted by atomic mass is 16.5. The summed E-state index contributed by atoms with van der Waals surface area (Å²) in [4.78, 5) is 25.3. The Balaban J connectivity index is 1.77. The molecule has 5 nitrogen and oxygen atoms in total. The molecule has 5 heteroatoms. The summed E-state index contributed by atoms with van der Waals surface area (Å²) >= 11 is 0. The normalized spacial score (nSPS) is 10.9. The molecule has 144 valence electrons. The molecule has 0 bridgehead atoms. The zero-order valence-corrected chi connectivity index (χ0v) is 16.5. The summed E-state index contributed by atoms with van der Waals surface area (Å²) in [7, 11) is 1.62. The van der Waals surface area contributed by atoms with E-state index in [0.717, 1.165) is 27.8 Å². The lowest BCUT2D eigenvalue weighted by molar-refractivity contribution is 0.0987. The number of Topliss-reactive ketones (excluding diaryl/α,β-unsaturated/α-hetero) is 1. The third-order valence-corrected chi connectivity index (χ3v) is 4.90. The Bertz CT molecular complexity index is 1240. The Morgan fingerprint density at radius 2 is 1.62 bits per heavy atom. The molecule has 4 aromatic rings. The van der Waals surface area contributed by atoms with E-state index >= 15 is 0 Å². The summed E-state index contributed by atoms with van der Waals surface area (Å²) in [6, 6.07) is 18.9. The number of hydrogen-bond acceptors (Lipinski definition) is 4. The molecule has 0 radical (unpaired) electrons. The highest BCUT2D eigenvalue weighted by Gasteiger charge is 2.21. The van der Waals surface area contributed by atoms with E-state index in [1.54, 1.807) is 24.1 Å². The summed E-state index contributed by atoms with van der Waals surface area (Å²) in [6.45, 7) is 3.42. The molecule has 3 aromatic carbocycles. The Morgan fingerprint density at radius 1 is 0.931 bits per heavy atom. The molecule has 0 aliphatic rings. The van der Waals surface area contributed by atoms with Crippen molar-refractivity contribution in [1.82, 2.24) is 9.78 Å². The van der Waals surface area contributed by atoms with Gasteiger partial charge in [-0.2, -0.15) is 5.10 Å². The van der Waals surface area contributed by atoms with Crippen LogP contribution in [0.3, 0.4) is 0 Å². The van der Waals surface area contributed by atoms with Gasteiger partial charge < -0.3 is 4.74 Å². The van der Waals surface area contributed by atoms with Gasteiger partial charge in [0.25, 0.3) is 0 Å². The van der Waals surface area contributed by atoms with Crippen molar-refractivity contribution in [2.75, 3.05) is 7.11 Å². The molecule has 4 rings (SSSR count). The molecule has 0 saturated carbocycles. The van der Waals surface area contributed by atoms with E-state index in [2.05, 4.69) is 5.10 Å². The number of aromatic nitrogens is 2. The standard InChI is InChI=1S/C24H20N2O3/c1-15-4-9-20(10-5-15)26-14-22(23(25-26)16(2)27)24(28)19-7-6-18-13-21(29-3)11-8-17(18)12-19/h4-14H,1-3H3. The fraction of sp³-hybridized carbons (Fsp3) is 0.125. The molecule has 0 aliphatic carbocycles. The summed E-state index contributed by atoms with van der Waals surface area (Å²) in [5.41, 5.74) is 2.89. The van der Waals surface area contributed by atoms with E-state index in [-0.39, 0.29) is 17.3 Å². The minimum Gasteiger partial charge on any atom is -0.497 e. The SMILES string of the molecule is COc1ccc2cc(C(=O)c3cn(-c4ccc(C)cc4)nc3C(C)=O)ccc2c1. The molecule has 0 amide bonds. The first kappa shape index (κ1) is 18.6.